The van der Waals surface area contributed by atoms with E-state index in [1.54, 1.807) is 0 Å². The molecule has 0 N–H and O–H groups in total. The second-order valence-corrected chi connectivity index (χ2v) is 8.28. The zero-order valence-electron chi connectivity index (χ0n) is 15.0. The molecule has 3 rings (SSSR count). The fourth-order valence-electron chi connectivity index (χ4n) is 3.66. The lowest BCUT2D eigenvalue weighted by molar-refractivity contribution is -0.124. The average molecular weight is 375 g/mol. The van der Waals surface area contributed by atoms with Gasteiger partial charge in [0.05, 0.1) is 4.91 Å². The number of thiocarbonyl (C=S) groups is 1. The summed E-state index contributed by atoms with van der Waals surface area (Å²) >= 11 is 6.95. The van der Waals surface area contributed by atoms with Crippen molar-refractivity contribution < 1.29 is 4.79 Å². The van der Waals surface area contributed by atoms with Crippen molar-refractivity contribution in [3.63, 3.8) is 0 Å². The van der Waals surface area contributed by atoms with Crippen molar-refractivity contribution in [3.05, 3.63) is 34.7 Å². The van der Waals surface area contributed by atoms with Crippen molar-refractivity contribution >= 4 is 46.0 Å². The van der Waals surface area contributed by atoms with Gasteiger partial charge in [-0.3, -0.25) is 9.69 Å². The first-order chi connectivity index (χ1) is 12.1. The molecule has 0 bridgehead atoms. The first-order valence-corrected chi connectivity index (χ1v) is 10.5. The Morgan fingerprint density at radius 3 is 2.40 bits per heavy atom. The summed E-state index contributed by atoms with van der Waals surface area (Å²) in [4.78, 5) is 17.8. The Morgan fingerprint density at radius 2 is 1.80 bits per heavy atom. The summed E-state index contributed by atoms with van der Waals surface area (Å²) in [7, 11) is 0. The summed E-state index contributed by atoms with van der Waals surface area (Å²) in [6, 6.07) is 8.72. The van der Waals surface area contributed by atoms with Crippen molar-refractivity contribution in [1.29, 1.82) is 0 Å². The van der Waals surface area contributed by atoms with Crippen LogP contribution >= 0.6 is 24.0 Å². The van der Waals surface area contributed by atoms with Crippen LogP contribution in [0.4, 0.5) is 5.69 Å². The number of nitrogens with zero attached hydrogens (tertiary/aromatic N) is 2. The zero-order valence-corrected chi connectivity index (χ0v) is 16.7. The predicted octanol–water partition coefficient (Wildman–Crippen LogP) is 5.07. The van der Waals surface area contributed by atoms with Gasteiger partial charge in [-0.25, -0.2) is 0 Å². The molecule has 0 aromatic heterocycles. The van der Waals surface area contributed by atoms with Crippen LogP contribution in [-0.2, 0) is 4.79 Å². The second kappa shape index (κ2) is 8.37. The van der Waals surface area contributed by atoms with Crippen LogP contribution in [-0.4, -0.2) is 34.3 Å². The zero-order chi connectivity index (χ0) is 17.8. The molecule has 2 aliphatic rings. The number of anilines is 1. The molecule has 0 spiro atoms. The number of thioether (sulfide) groups is 1. The largest absolute Gasteiger partial charge is 0.372 e. The SMILES string of the molecule is CCN(CC)c1ccc(C=C2SC(=S)N(C3CCCCC3)C2=O)cc1. The maximum atomic E-state index is 12.8. The summed E-state index contributed by atoms with van der Waals surface area (Å²) in [6.07, 6.45) is 7.83. The van der Waals surface area contributed by atoms with E-state index >= 15 is 0 Å². The lowest BCUT2D eigenvalue weighted by Gasteiger charge is -2.29. The summed E-state index contributed by atoms with van der Waals surface area (Å²) in [5, 5.41) is 0. The Kier molecular flexibility index (Phi) is 6.18. The number of carbonyl (C=O) groups is 1. The van der Waals surface area contributed by atoms with Gasteiger partial charge < -0.3 is 4.90 Å². The van der Waals surface area contributed by atoms with E-state index in [0.29, 0.717) is 6.04 Å². The van der Waals surface area contributed by atoms with Crippen molar-refractivity contribution in [2.45, 2.75) is 52.0 Å². The maximum absolute atomic E-state index is 12.8. The summed E-state index contributed by atoms with van der Waals surface area (Å²) in [5.74, 6) is 0.0923. The van der Waals surface area contributed by atoms with Gasteiger partial charge in [-0.1, -0.05) is 55.4 Å². The first-order valence-electron chi connectivity index (χ1n) is 9.26. The lowest BCUT2D eigenvalue weighted by atomic mass is 9.94. The topological polar surface area (TPSA) is 23.6 Å². The minimum Gasteiger partial charge on any atom is -0.372 e. The quantitative estimate of drug-likeness (QED) is 0.530. The summed E-state index contributed by atoms with van der Waals surface area (Å²) < 4.78 is 0.725. The van der Waals surface area contributed by atoms with Crippen molar-refractivity contribution in [2.75, 3.05) is 18.0 Å². The molecular weight excluding hydrogens is 348 g/mol. The minimum absolute atomic E-state index is 0.0923. The van der Waals surface area contributed by atoms with E-state index in [2.05, 4.69) is 43.0 Å². The molecule has 1 aromatic rings. The molecule has 1 saturated heterocycles. The number of hydrogen-bond acceptors (Lipinski definition) is 4. The highest BCUT2D eigenvalue weighted by atomic mass is 32.2. The predicted molar refractivity (Wildman–Crippen MR) is 112 cm³/mol. The Morgan fingerprint density at radius 1 is 1.16 bits per heavy atom. The van der Waals surface area contributed by atoms with Gasteiger partial charge in [0.1, 0.15) is 4.32 Å². The number of amides is 1. The molecule has 5 heteroatoms. The fourth-order valence-corrected chi connectivity index (χ4v) is 5.06. The van der Waals surface area contributed by atoms with Gasteiger partial charge in [0, 0.05) is 24.8 Å². The Labute approximate surface area is 160 Å². The molecule has 0 unspecified atom stereocenters. The highest BCUT2D eigenvalue weighted by Crippen LogP contribution is 2.37. The first kappa shape index (κ1) is 18.5. The normalized spacial score (nSPS) is 20.6. The number of hydrogen-bond donors (Lipinski definition) is 0. The van der Waals surface area contributed by atoms with Crippen LogP contribution in [0.5, 0.6) is 0 Å². The van der Waals surface area contributed by atoms with Gasteiger partial charge in [0.2, 0.25) is 0 Å². The fraction of sp³-hybridized carbons (Fsp3) is 0.500. The number of benzene rings is 1. The minimum atomic E-state index is 0.0923. The van der Waals surface area contributed by atoms with Gasteiger partial charge in [0.25, 0.3) is 5.91 Å². The summed E-state index contributed by atoms with van der Waals surface area (Å²) in [6.45, 7) is 6.31. The number of carbonyl (C=O) groups excluding carboxylic acids is 1. The van der Waals surface area contributed by atoms with Gasteiger partial charge in [-0.2, -0.15) is 0 Å². The Bertz CT molecular complexity index is 659. The standard InChI is InChI=1S/C20H26N2OS2/c1-3-21(4-2)16-12-10-15(11-13-16)14-18-19(23)22(20(24)25-18)17-8-6-5-7-9-17/h10-14,17H,3-9H2,1-2H3. The molecule has 1 saturated carbocycles. The molecule has 3 nitrogen and oxygen atoms in total. The van der Waals surface area contributed by atoms with E-state index in [1.807, 2.05) is 11.0 Å². The van der Waals surface area contributed by atoms with Crippen LogP contribution in [0.2, 0.25) is 0 Å². The van der Waals surface area contributed by atoms with Crippen LogP contribution in [0.25, 0.3) is 6.08 Å². The van der Waals surface area contributed by atoms with Gasteiger partial charge in [-0.05, 0) is 50.5 Å². The van der Waals surface area contributed by atoms with Crippen LogP contribution in [0.15, 0.2) is 29.2 Å². The Hall–Kier alpha value is -1.33. The third kappa shape index (κ3) is 4.09. The van der Waals surface area contributed by atoms with E-state index in [4.69, 9.17) is 12.2 Å². The average Bonchev–Trinajstić information content (AvgIpc) is 2.91. The molecule has 2 fully saturated rings. The van der Waals surface area contributed by atoms with E-state index in [1.165, 1.54) is 36.7 Å². The third-order valence-electron chi connectivity index (χ3n) is 5.08. The molecule has 1 aliphatic carbocycles. The molecule has 1 heterocycles. The lowest BCUT2D eigenvalue weighted by Crippen LogP contribution is -2.39. The molecule has 134 valence electrons. The molecule has 0 atom stereocenters. The van der Waals surface area contributed by atoms with E-state index in [0.717, 1.165) is 40.7 Å². The molecule has 0 radical (unpaired) electrons. The van der Waals surface area contributed by atoms with Crippen LogP contribution < -0.4 is 4.90 Å². The van der Waals surface area contributed by atoms with E-state index < -0.39 is 0 Å². The molecular formula is C20H26N2OS2. The second-order valence-electron chi connectivity index (χ2n) is 6.61. The van der Waals surface area contributed by atoms with Crippen molar-refractivity contribution in [2.24, 2.45) is 0 Å². The Balaban J connectivity index is 1.75. The third-order valence-corrected chi connectivity index (χ3v) is 6.41. The monoisotopic (exact) mass is 374 g/mol. The van der Waals surface area contributed by atoms with E-state index in [-0.39, 0.29) is 5.91 Å². The molecule has 1 amide bonds. The number of rotatable bonds is 5. The molecule has 1 aromatic carbocycles. The van der Waals surface area contributed by atoms with Crippen LogP contribution in [0, 0.1) is 0 Å². The smallest absolute Gasteiger partial charge is 0.266 e. The summed E-state index contributed by atoms with van der Waals surface area (Å²) in [5.41, 5.74) is 2.27. The van der Waals surface area contributed by atoms with Crippen molar-refractivity contribution in [3.8, 4) is 0 Å². The maximum Gasteiger partial charge on any atom is 0.266 e. The van der Waals surface area contributed by atoms with Crippen LogP contribution in [0.1, 0.15) is 51.5 Å². The van der Waals surface area contributed by atoms with E-state index in [9.17, 15) is 4.79 Å². The highest BCUT2D eigenvalue weighted by Gasteiger charge is 2.37. The molecule has 25 heavy (non-hydrogen) atoms. The van der Waals surface area contributed by atoms with Gasteiger partial charge >= 0.3 is 0 Å². The van der Waals surface area contributed by atoms with Crippen molar-refractivity contribution in [1.82, 2.24) is 4.90 Å². The highest BCUT2D eigenvalue weighted by molar-refractivity contribution is 8.26. The van der Waals surface area contributed by atoms with Gasteiger partial charge in [-0.15, -0.1) is 0 Å². The van der Waals surface area contributed by atoms with Crippen LogP contribution in [0.3, 0.4) is 0 Å². The molecule has 1 aliphatic heterocycles. The van der Waals surface area contributed by atoms with Gasteiger partial charge in [0.15, 0.2) is 0 Å².